The third-order valence-corrected chi connectivity index (χ3v) is 5.06. The SMILES string of the molecule is CCNC(c1c(Br)cnn1C)C1CCCS1. The Morgan fingerprint density at radius 2 is 2.56 bits per heavy atom. The van der Waals surface area contributed by atoms with Crippen LogP contribution in [0.25, 0.3) is 0 Å². The molecule has 0 spiro atoms. The van der Waals surface area contributed by atoms with Crippen LogP contribution in [0, 0.1) is 0 Å². The molecular formula is C11H18BrN3S. The first-order chi connectivity index (χ1) is 7.74. The van der Waals surface area contributed by atoms with Gasteiger partial charge in [-0.05, 0) is 41.1 Å². The highest BCUT2D eigenvalue weighted by Crippen LogP contribution is 2.37. The molecule has 0 amide bonds. The molecule has 1 aliphatic heterocycles. The molecule has 1 aromatic heterocycles. The van der Waals surface area contributed by atoms with E-state index in [1.165, 1.54) is 24.3 Å². The molecular weight excluding hydrogens is 286 g/mol. The summed E-state index contributed by atoms with van der Waals surface area (Å²) in [6, 6.07) is 0.416. The highest BCUT2D eigenvalue weighted by Gasteiger charge is 2.29. The predicted octanol–water partition coefficient (Wildman–Crippen LogP) is 2.73. The van der Waals surface area contributed by atoms with Gasteiger partial charge in [0, 0.05) is 12.3 Å². The summed E-state index contributed by atoms with van der Waals surface area (Å²) in [4.78, 5) is 0. The van der Waals surface area contributed by atoms with Gasteiger partial charge in [-0.2, -0.15) is 16.9 Å². The van der Waals surface area contributed by atoms with Gasteiger partial charge in [-0.1, -0.05) is 6.92 Å². The fourth-order valence-electron chi connectivity index (χ4n) is 2.26. The molecule has 0 radical (unpaired) electrons. The second-order valence-electron chi connectivity index (χ2n) is 4.09. The fourth-order valence-corrected chi connectivity index (χ4v) is 4.24. The second kappa shape index (κ2) is 5.56. The number of hydrogen-bond donors (Lipinski definition) is 1. The third-order valence-electron chi connectivity index (χ3n) is 2.99. The Labute approximate surface area is 109 Å². The van der Waals surface area contributed by atoms with Gasteiger partial charge < -0.3 is 5.32 Å². The van der Waals surface area contributed by atoms with E-state index in [1.807, 2.05) is 17.9 Å². The van der Waals surface area contributed by atoms with Gasteiger partial charge in [0.15, 0.2) is 0 Å². The van der Waals surface area contributed by atoms with Crippen molar-refractivity contribution in [2.45, 2.75) is 31.1 Å². The van der Waals surface area contributed by atoms with Crippen molar-refractivity contribution in [3.63, 3.8) is 0 Å². The van der Waals surface area contributed by atoms with E-state index in [2.05, 4.69) is 45.0 Å². The van der Waals surface area contributed by atoms with Crippen LogP contribution in [0.1, 0.15) is 31.5 Å². The molecule has 3 nitrogen and oxygen atoms in total. The van der Waals surface area contributed by atoms with Crippen LogP contribution in [0.4, 0.5) is 0 Å². The molecule has 5 heteroatoms. The summed E-state index contributed by atoms with van der Waals surface area (Å²) >= 11 is 5.68. The molecule has 90 valence electrons. The van der Waals surface area contributed by atoms with Gasteiger partial charge >= 0.3 is 0 Å². The number of aryl methyl sites for hydroxylation is 1. The molecule has 2 rings (SSSR count). The van der Waals surface area contributed by atoms with Crippen molar-refractivity contribution in [2.75, 3.05) is 12.3 Å². The lowest BCUT2D eigenvalue weighted by Crippen LogP contribution is -2.30. The van der Waals surface area contributed by atoms with E-state index in [0.717, 1.165) is 11.0 Å². The Balaban J connectivity index is 2.24. The van der Waals surface area contributed by atoms with Crippen molar-refractivity contribution < 1.29 is 0 Å². The van der Waals surface area contributed by atoms with Crippen molar-refractivity contribution in [3.05, 3.63) is 16.4 Å². The Kier molecular flexibility index (Phi) is 4.33. The maximum Gasteiger partial charge on any atom is 0.0703 e. The van der Waals surface area contributed by atoms with E-state index in [9.17, 15) is 0 Å². The monoisotopic (exact) mass is 303 g/mol. The minimum atomic E-state index is 0.416. The third kappa shape index (κ3) is 2.46. The van der Waals surface area contributed by atoms with E-state index in [1.54, 1.807) is 0 Å². The van der Waals surface area contributed by atoms with Gasteiger partial charge in [0.1, 0.15) is 0 Å². The average molecular weight is 304 g/mol. The highest BCUT2D eigenvalue weighted by molar-refractivity contribution is 9.10. The fraction of sp³-hybridized carbons (Fsp3) is 0.727. The molecule has 2 atom stereocenters. The number of halogens is 1. The number of aromatic nitrogens is 2. The zero-order valence-electron chi connectivity index (χ0n) is 9.74. The molecule has 2 unspecified atom stereocenters. The maximum atomic E-state index is 4.31. The summed E-state index contributed by atoms with van der Waals surface area (Å²) in [6.45, 7) is 3.16. The van der Waals surface area contributed by atoms with E-state index in [-0.39, 0.29) is 0 Å². The first-order valence-electron chi connectivity index (χ1n) is 5.76. The van der Waals surface area contributed by atoms with Crippen LogP contribution in [0.2, 0.25) is 0 Å². The van der Waals surface area contributed by atoms with Gasteiger partial charge in [-0.3, -0.25) is 4.68 Å². The maximum absolute atomic E-state index is 4.31. The minimum absolute atomic E-state index is 0.416. The van der Waals surface area contributed by atoms with Gasteiger partial charge in [-0.25, -0.2) is 0 Å². The van der Waals surface area contributed by atoms with Crippen LogP contribution < -0.4 is 5.32 Å². The molecule has 16 heavy (non-hydrogen) atoms. The Bertz CT molecular complexity index is 327. The number of nitrogens with zero attached hydrogens (tertiary/aromatic N) is 2. The van der Waals surface area contributed by atoms with Crippen LogP contribution >= 0.6 is 27.7 Å². The molecule has 0 saturated carbocycles. The summed E-state index contributed by atoms with van der Waals surface area (Å²) in [5, 5.41) is 8.59. The van der Waals surface area contributed by atoms with Crippen LogP contribution in [0.15, 0.2) is 10.7 Å². The minimum Gasteiger partial charge on any atom is -0.308 e. The van der Waals surface area contributed by atoms with Crippen molar-refractivity contribution >= 4 is 27.7 Å². The molecule has 0 aromatic carbocycles. The normalized spacial score (nSPS) is 22.6. The van der Waals surface area contributed by atoms with Gasteiger partial charge in [-0.15, -0.1) is 0 Å². The van der Waals surface area contributed by atoms with Crippen molar-refractivity contribution in [1.82, 2.24) is 15.1 Å². The van der Waals surface area contributed by atoms with E-state index in [4.69, 9.17) is 0 Å². The topological polar surface area (TPSA) is 29.9 Å². The zero-order valence-corrected chi connectivity index (χ0v) is 12.1. The largest absolute Gasteiger partial charge is 0.308 e. The molecule has 1 saturated heterocycles. The predicted molar refractivity (Wildman–Crippen MR) is 72.8 cm³/mol. The molecule has 1 aliphatic rings. The second-order valence-corrected chi connectivity index (χ2v) is 6.29. The average Bonchev–Trinajstić information content (AvgIpc) is 2.87. The highest BCUT2D eigenvalue weighted by atomic mass is 79.9. The van der Waals surface area contributed by atoms with Crippen molar-refractivity contribution in [1.29, 1.82) is 0 Å². The molecule has 2 heterocycles. The summed E-state index contributed by atoms with van der Waals surface area (Å²) in [5.41, 5.74) is 1.28. The molecule has 0 bridgehead atoms. The summed E-state index contributed by atoms with van der Waals surface area (Å²) in [7, 11) is 2.02. The van der Waals surface area contributed by atoms with Crippen molar-refractivity contribution in [2.24, 2.45) is 7.05 Å². The number of hydrogen-bond acceptors (Lipinski definition) is 3. The van der Waals surface area contributed by atoms with Crippen molar-refractivity contribution in [3.8, 4) is 0 Å². The van der Waals surface area contributed by atoms with E-state index >= 15 is 0 Å². The summed E-state index contributed by atoms with van der Waals surface area (Å²) < 4.78 is 3.10. The summed E-state index contributed by atoms with van der Waals surface area (Å²) in [6.07, 6.45) is 4.53. The van der Waals surface area contributed by atoms with Gasteiger partial charge in [0.2, 0.25) is 0 Å². The van der Waals surface area contributed by atoms with Crippen LogP contribution in [-0.4, -0.2) is 27.3 Å². The molecule has 1 aromatic rings. The van der Waals surface area contributed by atoms with Crippen LogP contribution in [-0.2, 0) is 7.05 Å². The quantitative estimate of drug-likeness (QED) is 0.927. The Morgan fingerprint density at radius 1 is 1.75 bits per heavy atom. The van der Waals surface area contributed by atoms with E-state index < -0.39 is 0 Å². The molecule has 1 N–H and O–H groups in total. The standard InChI is InChI=1S/C11H18BrN3S/c1-3-13-10(9-5-4-6-16-9)11-8(12)7-14-15(11)2/h7,9-10,13H,3-6H2,1-2H3. The number of thioether (sulfide) groups is 1. The zero-order chi connectivity index (χ0) is 11.5. The van der Waals surface area contributed by atoms with Gasteiger partial charge in [0.25, 0.3) is 0 Å². The number of nitrogens with one attached hydrogen (secondary N) is 1. The first-order valence-corrected chi connectivity index (χ1v) is 7.60. The first kappa shape index (κ1) is 12.5. The molecule has 0 aliphatic carbocycles. The smallest absolute Gasteiger partial charge is 0.0703 e. The van der Waals surface area contributed by atoms with Gasteiger partial charge in [0.05, 0.1) is 22.4 Å². The lowest BCUT2D eigenvalue weighted by Gasteiger charge is -2.24. The Morgan fingerprint density at radius 3 is 3.06 bits per heavy atom. The number of rotatable bonds is 4. The Hall–Kier alpha value is -0.000000000000000111. The summed E-state index contributed by atoms with van der Waals surface area (Å²) in [5.74, 6) is 1.29. The van der Waals surface area contributed by atoms with Crippen LogP contribution in [0.5, 0.6) is 0 Å². The lowest BCUT2D eigenvalue weighted by molar-refractivity contribution is 0.483. The van der Waals surface area contributed by atoms with E-state index in [0.29, 0.717) is 11.3 Å². The van der Waals surface area contributed by atoms with Crippen LogP contribution in [0.3, 0.4) is 0 Å². The molecule has 1 fully saturated rings. The lowest BCUT2D eigenvalue weighted by atomic mass is 10.1.